The zero-order valence-corrected chi connectivity index (χ0v) is 11.8. The molecule has 1 heterocycles. The number of aromatic carboxylic acids is 1. The van der Waals surface area contributed by atoms with E-state index in [4.69, 9.17) is 10.8 Å². The average molecular weight is 296 g/mol. The Morgan fingerprint density at radius 2 is 1.86 bits per heavy atom. The number of hydrogen-bond donors (Lipinski definition) is 2. The number of pyridine rings is 1. The zero-order chi connectivity index (χ0) is 14.8. The molecule has 0 unspecified atom stereocenters. The van der Waals surface area contributed by atoms with Crippen molar-refractivity contribution in [2.75, 3.05) is 5.73 Å². The Hall–Kier alpha value is -2.53. The Morgan fingerprint density at radius 3 is 2.57 bits per heavy atom. The topological polar surface area (TPSA) is 76.2 Å². The van der Waals surface area contributed by atoms with Gasteiger partial charge in [0, 0.05) is 11.1 Å². The van der Waals surface area contributed by atoms with Crippen LogP contribution in [0.4, 0.5) is 5.69 Å². The fourth-order valence-electron chi connectivity index (χ4n) is 2.01. The number of benzene rings is 2. The number of nitrogen functional groups attached to an aromatic ring is 1. The highest BCUT2D eigenvalue weighted by Gasteiger charge is 2.09. The summed E-state index contributed by atoms with van der Waals surface area (Å²) in [5, 5.41) is 11.8. The number of carboxylic acid groups (broad SMARTS) is 1. The van der Waals surface area contributed by atoms with Crippen molar-refractivity contribution in [2.45, 2.75) is 9.92 Å². The van der Waals surface area contributed by atoms with Crippen LogP contribution in [-0.4, -0.2) is 16.1 Å². The van der Waals surface area contributed by atoms with Crippen LogP contribution in [-0.2, 0) is 0 Å². The van der Waals surface area contributed by atoms with E-state index < -0.39 is 5.97 Å². The predicted molar refractivity (Wildman–Crippen MR) is 83.7 cm³/mol. The monoisotopic (exact) mass is 296 g/mol. The minimum Gasteiger partial charge on any atom is -0.478 e. The van der Waals surface area contributed by atoms with Crippen molar-refractivity contribution in [1.82, 2.24) is 4.98 Å². The van der Waals surface area contributed by atoms with Crippen LogP contribution in [0.15, 0.2) is 64.6 Å². The zero-order valence-electron chi connectivity index (χ0n) is 11.0. The van der Waals surface area contributed by atoms with Gasteiger partial charge >= 0.3 is 5.97 Å². The first-order chi connectivity index (χ1) is 10.1. The highest BCUT2D eigenvalue weighted by molar-refractivity contribution is 7.99. The maximum Gasteiger partial charge on any atom is 0.337 e. The van der Waals surface area contributed by atoms with E-state index in [-0.39, 0.29) is 5.56 Å². The van der Waals surface area contributed by atoms with E-state index >= 15 is 0 Å². The van der Waals surface area contributed by atoms with Crippen LogP contribution in [0.25, 0.3) is 10.8 Å². The van der Waals surface area contributed by atoms with Gasteiger partial charge in [0.25, 0.3) is 0 Å². The van der Waals surface area contributed by atoms with Gasteiger partial charge in [-0.1, -0.05) is 42.1 Å². The van der Waals surface area contributed by atoms with E-state index in [0.29, 0.717) is 10.7 Å². The molecular weight excluding hydrogens is 284 g/mol. The van der Waals surface area contributed by atoms with Gasteiger partial charge in [-0.3, -0.25) is 0 Å². The van der Waals surface area contributed by atoms with Crippen LogP contribution in [0, 0.1) is 0 Å². The summed E-state index contributed by atoms with van der Waals surface area (Å²) in [6, 6.07) is 15.6. The Bertz CT molecular complexity index is 833. The quantitative estimate of drug-likeness (QED) is 0.771. The molecule has 0 atom stereocenters. The normalized spacial score (nSPS) is 10.7. The highest BCUT2D eigenvalue weighted by atomic mass is 32.2. The molecule has 0 aliphatic carbocycles. The number of nitrogens with zero attached hydrogens (tertiary/aromatic N) is 1. The molecule has 0 radical (unpaired) electrons. The predicted octanol–water partition coefficient (Wildman–Crippen LogP) is 3.67. The fraction of sp³-hybridized carbons (Fsp3) is 0. The van der Waals surface area contributed by atoms with E-state index in [0.717, 1.165) is 10.3 Å². The minimum absolute atomic E-state index is 0.0929. The number of fused-ring (bicyclic) bond motifs is 1. The van der Waals surface area contributed by atoms with Crippen molar-refractivity contribution in [3.8, 4) is 0 Å². The van der Waals surface area contributed by atoms with Crippen LogP contribution < -0.4 is 5.73 Å². The molecule has 21 heavy (non-hydrogen) atoms. The van der Waals surface area contributed by atoms with Gasteiger partial charge in [0.05, 0.1) is 11.3 Å². The molecule has 0 saturated carbocycles. The summed E-state index contributed by atoms with van der Waals surface area (Å²) in [7, 11) is 0. The van der Waals surface area contributed by atoms with E-state index in [1.54, 1.807) is 0 Å². The van der Waals surface area contributed by atoms with Crippen molar-refractivity contribution in [1.29, 1.82) is 0 Å². The lowest BCUT2D eigenvalue weighted by Gasteiger charge is -2.06. The number of aromatic nitrogens is 1. The third-order valence-corrected chi connectivity index (χ3v) is 4.09. The molecule has 0 amide bonds. The van der Waals surface area contributed by atoms with Gasteiger partial charge in [-0.25, -0.2) is 9.78 Å². The summed E-state index contributed by atoms with van der Waals surface area (Å²) >= 11 is 1.42. The average Bonchev–Trinajstić information content (AvgIpc) is 2.49. The van der Waals surface area contributed by atoms with Crippen LogP contribution in [0.2, 0.25) is 0 Å². The van der Waals surface area contributed by atoms with Gasteiger partial charge in [-0.15, -0.1) is 0 Å². The Kier molecular flexibility index (Phi) is 3.50. The Balaban J connectivity index is 1.93. The van der Waals surface area contributed by atoms with Crippen LogP contribution >= 0.6 is 11.8 Å². The molecule has 3 rings (SSSR count). The molecule has 4 nitrogen and oxygen atoms in total. The summed E-state index contributed by atoms with van der Waals surface area (Å²) in [6.45, 7) is 0. The lowest BCUT2D eigenvalue weighted by molar-refractivity contribution is 0.0696. The molecule has 3 aromatic rings. The minimum atomic E-state index is -1.03. The van der Waals surface area contributed by atoms with Crippen molar-refractivity contribution in [2.24, 2.45) is 0 Å². The molecule has 0 fully saturated rings. The van der Waals surface area contributed by atoms with E-state index in [1.807, 2.05) is 30.3 Å². The van der Waals surface area contributed by atoms with Gasteiger partial charge in [-0.05, 0) is 29.0 Å². The van der Waals surface area contributed by atoms with Gasteiger partial charge < -0.3 is 10.8 Å². The summed E-state index contributed by atoms with van der Waals surface area (Å²) < 4.78 is 0. The van der Waals surface area contributed by atoms with Gasteiger partial charge in [0.15, 0.2) is 0 Å². The van der Waals surface area contributed by atoms with Gasteiger partial charge in [0.2, 0.25) is 0 Å². The lowest BCUT2D eigenvalue weighted by Crippen LogP contribution is -2.00. The highest BCUT2D eigenvalue weighted by Crippen LogP contribution is 2.32. The number of carbonyl (C=O) groups is 1. The maximum absolute atomic E-state index is 10.9. The van der Waals surface area contributed by atoms with E-state index in [2.05, 4.69) is 17.1 Å². The summed E-state index contributed by atoms with van der Waals surface area (Å²) in [6.07, 6.45) is 1.32. The number of nitrogens with two attached hydrogens (primary N) is 1. The fourth-order valence-corrected chi connectivity index (χ4v) is 2.84. The van der Waals surface area contributed by atoms with Gasteiger partial charge in [0.1, 0.15) is 5.03 Å². The van der Waals surface area contributed by atoms with Crippen LogP contribution in [0.5, 0.6) is 0 Å². The molecule has 0 bridgehead atoms. The maximum atomic E-state index is 10.9. The molecule has 0 saturated heterocycles. The largest absolute Gasteiger partial charge is 0.478 e. The lowest BCUT2D eigenvalue weighted by atomic mass is 10.1. The van der Waals surface area contributed by atoms with Crippen molar-refractivity contribution >= 4 is 34.2 Å². The number of rotatable bonds is 3. The SMILES string of the molecule is Nc1cc(C(=O)O)cnc1Sc1ccc2ccccc2c1. The summed E-state index contributed by atoms with van der Waals surface area (Å²) in [4.78, 5) is 16.0. The van der Waals surface area contributed by atoms with E-state index in [9.17, 15) is 4.79 Å². The number of anilines is 1. The molecule has 0 spiro atoms. The molecule has 0 aliphatic rings. The number of carboxylic acids is 1. The summed E-state index contributed by atoms with van der Waals surface area (Å²) in [5.74, 6) is -1.03. The molecule has 3 N–H and O–H groups in total. The van der Waals surface area contributed by atoms with Crippen LogP contribution in [0.1, 0.15) is 10.4 Å². The second kappa shape index (κ2) is 5.46. The smallest absolute Gasteiger partial charge is 0.337 e. The first-order valence-corrected chi connectivity index (χ1v) is 7.10. The van der Waals surface area contributed by atoms with Crippen molar-refractivity contribution in [3.63, 3.8) is 0 Å². The summed E-state index contributed by atoms with van der Waals surface area (Å²) in [5.41, 5.74) is 6.33. The van der Waals surface area contributed by atoms with Crippen molar-refractivity contribution in [3.05, 3.63) is 60.3 Å². The molecule has 104 valence electrons. The van der Waals surface area contributed by atoms with Crippen LogP contribution in [0.3, 0.4) is 0 Å². The molecule has 1 aromatic heterocycles. The second-order valence-corrected chi connectivity index (χ2v) is 5.60. The first-order valence-electron chi connectivity index (χ1n) is 6.29. The Morgan fingerprint density at radius 1 is 1.10 bits per heavy atom. The first kappa shape index (κ1) is 13.5. The second-order valence-electron chi connectivity index (χ2n) is 4.53. The third kappa shape index (κ3) is 2.83. The third-order valence-electron chi connectivity index (χ3n) is 3.06. The van der Waals surface area contributed by atoms with E-state index in [1.165, 1.54) is 29.4 Å². The molecule has 2 aromatic carbocycles. The number of hydrogen-bond acceptors (Lipinski definition) is 4. The van der Waals surface area contributed by atoms with Gasteiger partial charge in [-0.2, -0.15) is 0 Å². The standard InChI is InChI=1S/C16H12N2O2S/c17-14-8-12(16(19)20)9-18-15(14)21-13-6-5-10-3-1-2-4-11(10)7-13/h1-9H,17H2,(H,19,20). The molecule has 0 aliphatic heterocycles. The molecular formula is C16H12N2O2S. The molecule has 5 heteroatoms. The van der Waals surface area contributed by atoms with Crippen molar-refractivity contribution < 1.29 is 9.90 Å². The Labute approximate surface area is 125 Å².